The molecule has 3 rings (SSSR count). The number of aromatic nitrogens is 2. The van der Waals surface area contributed by atoms with E-state index in [9.17, 15) is 9.59 Å². The summed E-state index contributed by atoms with van der Waals surface area (Å²) in [5.74, 6) is 0.376. The third-order valence-corrected chi connectivity index (χ3v) is 4.70. The minimum atomic E-state index is -0.309. The largest absolute Gasteiger partial charge is 0.462 e. The lowest BCUT2D eigenvalue weighted by Gasteiger charge is -2.05. The second kappa shape index (κ2) is 7.00. The fraction of sp³-hybridized carbons (Fsp3) is 0.353. The Kier molecular flexibility index (Phi) is 4.81. The number of esters is 1. The van der Waals surface area contributed by atoms with Crippen LogP contribution in [-0.4, -0.2) is 22.5 Å². The van der Waals surface area contributed by atoms with E-state index in [1.165, 1.54) is 11.8 Å². The number of fused-ring (bicyclic) bond motifs is 1. The highest BCUT2D eigenvalue weighted by Crippen LogP contribution is 2.22. The normalized spacial score (nSPS) is 12.9. The molecule has 0 amide bonds. The molecule has 1 heterocycles. The van der Waals surface area contributed by atoms with Gasteiger partial charge in [0, 0.05) is 11.3 Å². The van der Waals surface area contributed by atoms with Crippen molar-refractivity contribution in [3.8, 4) is 0 Å². The van der Waals surface area contributed by atoms with Gasteiger partial charge in [-0.2, -0.15) is 0 Å². The zero-order valence-corrected chi connectivity index (χ0v) is 13.7. The highest BCUT2D eigenvalue weighted by atomic mass is 32.2. The van der Waals surface area contributed by atoms with Gasteiger partial charge < -0.3 is 9.72 Å². The molecule has 2 aromatic rings. The van der Waals surface area contributed by atoms with Gasteiger partial charge >= 0.3 is 5.97 Å². The topological polar surface area (TPSA) is 72.0 Å². The first kappa shape index (κ1) is 15.8. The van der Waals surface area contributed by atoms with Crippen LogP contribution in [0.25, 0.3) is 0 Å². The molecule has 1 N–H and O–H groups in total. The van der Waals surface area contributed by atoms with Crippen LogP contribution in [0.1, 0.15) is 40.5 Å². The van der Waals surface area contributed by atoms with E-state index >= 15 is 0 Å². The second-order valence-electron chi connectivity index (χ2n) is 5.36. The number of carbonyl (C=O) groups excluding carboxylic acids is 1. The predicted octanol–water partition coefficient (Wildman–Crippen LogP) is 2.73. The van der Waals surface area contributed by atoms with Crippen LogP contribution < -0.4 is 5.56 Å². The molecule has 1 aromatic heterocycles. The number of benzene rings is 1. The van der Waals surface area contributed by atoms with Gasteiger partial charge in [0.25, 0.3) is 5.56 Å². The van der Waals surface area contributed by atoms with Crippen molar-refractivity contribution in [1.82, 2.24) is 9.97 Å². The lowest BCUT2D eigenvalue weighted by molar-refractivity contribution is 0.0526. The van der Waals surface area contributed by atoms with Gasteiger partial charge in [-0.1, -0.05) is 23.9 Å². The maximum Gasteiger partial charge on any atom is 0.338 e. The van der Waals surface area contributed by atoms with Crippen molar-refractivity contribution in [2.75, 3.05) is 6.61 Å². The molecule has 1 aliphatic rings. The lowest BCUT2D eigenvalue weighted by Crippen LogP contribution is -2.14. The molecule has 0 atom stereocenters. The Morgan fingerprint density at radius 1 is 1.30 bits per heavy atom. The molecule has 1 aromatic carbocycles. The summed E-state index contributed by atoms with van der Waals surface area (Å²) in [6, 6.07) is 7.30. The maximum atomic E-state index is 12.0. The van der Waals surface area contributed by atoms with Crippen molar-refractivity contribution in [2.45, 2.75) is 37.1 Å². The summed E-state index contributed by atoms with van der Waals surface area (Å²) in [4.78, 5) is 30.9. The number of thioether (sulfide) groups is 1. The van der Waals surface area contributed by atoms with E-state index in [1.807, 2.05) is 12.1 Å². The van der Waals surface area contributed by atoms with Crippen molar-refractivity contribution in [1.29, 1.82) is 0 Å². The number of aryl methyl sites for hydroxylation is 1. The highest BCUT2D eigenvalue weighted by Gasteiger charge is 2.17. The first-order chi connectivity index (χ1) is 11.2. The molecule has 120 valence electrons. The van der Waals surface area contributed by atoms with Gasteiger partial charge in [-0.25, -0.2) is 9.78 Å². The quantitative estimate of drug-likeness (QED) is 0.518. The van der Waals surface area contributed by atoms with Gasteiger partial charge in [-0.3, -0.25) is 4.79 Å². The van der Waals surface area contributed by atoms with E-state index in [4.69, 9.17) is 4.74 Å². The van der Waals surface area contributed by atoms with E-state index in [2.05, 4.69) is 9.97 Å². The summed E-state index contributed by atoms with van der Waals surface area (Å²) in [7, 11) is 0. The van der Waals surface area contributed by atoms with Gasteiger partial charge in [0.1, 0.15) is 0 Å². The molecular weight excluding hydrogens is 312 g/mol. The van der Waals surface area contributed by atoms with Crippen molar-refractivity contribution in [3.05, 3.63) is 57.0 Å². The lowest BCUT2D eigenvalue weighted by atomic mass is 10.1. The number of rotatable bonds is 5. The number of H-pyrrole nitrogens is 1. The summed E-state index contributed by atoms with van der Waals surface area (Å²) in [6.07, 6.45) is 2.73. The summed E-state index contributed by atoms with van der Waals surface area (Å²) >= 11 is 1.50. The number of ether oxygens (including phenoxy) is 1. The Morgan fingerprint density at radius 3 is 2.83 bits per heavy atom. The molecule has 0 unspecified atom stereocenters. The van der Waals surface area contributed by atoms with Crippen molar-refractivity contribution in [3.63, 3.8) is 0 Å². The maximum absolute atomic E-state index is 12.0. The number of nitrogens with one attached hydrogen (secondary N) is 1. The van der Waals surface area contributed by atoms with Crippen LogP contribution in [0.4, 0.5) is 0 Å². The average molecular weight is 330 g/mol. The van der Waals surface area contributed by atoms with Gasteiger partial charge in [0.05, 0.1) is 17.9 Å². The van der Waals surface area contributed by atoms with Crippen LogP contribution in [0.3, 0.4) is 0 Å². The van der Waals surface area contributed by atoms with Crippen LogP contribution in [0, 0.1) is 0 Å². The van der Waals surface area contributed by atoms with Crippen LogP contribution in [-0.2, 0) is 23.3 Å². The van der Waals surface area contributed by atoms with Gasteiger partial charge in [0.2, 0.25) is 0 Å². The molecule has 0 saturated heterocycles. The van der Waals surface area contributed by atoms with E-state index in [0.29, 0.717) is 23.1 Å². The second-order valence-corrected chi connectivity index (χ2v) is 6.32. The van der Waals surface area contributed by atoms with Crippen molar-refractivity contribution < 1.29 is 9.53 Å². The molecule has 0 radical (unpaired) electrons. The van der Waals surface area contributed by atoms with Crippen LogP contribution in [0.2, 0.25) is 0 Å². The first-order valence-electron chi connectivity index (χ1n) is 7.68. The molecule has 0 fully saturated rings. The third kappa shape index (κ3) is 3.64. The SMILES string of the molecule is CCOC(=O)c1ccc(CSc2nc3c(c(=O)[nH]2)CCC3)cc1. The molecule has 0 aliphatic heterocycles. The minimum Gasteiger partial charge on any atom is -0.462 e. The zero-order chi connectivity index (χ0) is 16.2. The molecule has 5 nitrogen and oxygen atoms in total. The van der Waals surface area contributed by atoms with Gasteiger partial charge in [-0.05, 0) is 43.9 Å². The first-order valence-corrected chi connectivity index (χ1v) is 8.67. The monoisotopic (exact) mass is 330 g/mol. The van der Waals surface area contributed by atoms with Crippen molar-refractivity contribution >= 4 is 17.7 Å². The zero-order valence-electron chi connectivity index (χ0n) is 12.9. The number of carbonyl (C=O) groups is 1. The van der Waals surface area contributed by atoms with Gasteiger partial charge in [0.15, 0.2) is 5.16 Å². The Labute approximate surface area is 138 Å². The summed E-state index contributed by atoms with van der Waals surface area (Å²) in [5, 5.41) is 0.658. The number of nitrogens with zero attached hydrogens (tertiary/aromatic N) is 1. The number of hydrogen-bond acceptors (Lipinski definition) is 5. The molecule has 6 heteroatoms. The fourth-order valence-electron chi connectivity index (χ4n) is 2.59. The smallest absolute Gasteiger partial charge is 0.338 e. The molecule has 0 bridgehead atoms. The van der Waals surface area contributed by atoms with E-state index < -0.39 is 0 Å². The Balaban J connectivity index is 1.66. The standard InChI is InChI=1S/C17H18N2O3S/c1-2-22-16(21)12-8-6-11(7-9-12)10-23-17-18-14-5-3-4-13(14)15(20)19-17/h6-9H,2-5,10H2,1H3,(H,18,19,20). The average Bonchev–Trinajstić information content (AvgIpc) is 3.03. The Bertz CT molecular complexity index is 768. The molecule has 1 aliphatic carbocycles. The molecule has 0 spiro atoms. The predicted molar refractivity (Wildman–Crippen MR) is 88.8 cm³/mol. The third-order valence-electron chi connectivity index (χ3n) is 3.76. The summed E-state index contributed by atoms with van der Waals surface area (Å²) in [6.45, 7) is 2.15. The van der Waals surface area contributed by atoms with Crippen molar-refractivity contribution in [2.24, 2.45) is 0 Å². The number of hydrogen-bond donors (Lipinski definition) is 1. The van der Waals surface area contributed by atoms with Crippen LogP contribution in [0.15, 0.2) is 34.2 Å². The van der Waals surface area contributed by atoms with E-state index in [0.717, 1.165) is 36.1 Å². The van der Waals surface area contributed by atoms with Crippen LogP contribution in [0.5, 0.6) is 0 Å². The molecular formula is C17H18N2O3S. The Hall–Kier alpha value is -2.08. The minimum absolute atomic E-state index is 0.00680. The summed E-state index contributed by atoms with van der Waals surface area (Å²) < 4.78 is 4.96. The van der Waals surface area contributed by atoms with Crippen LogP contribution >= 0.6 is 11.8 Å². The Morgan fingerprint density at radius 2 is 2.09 bits per heavy atom. The molecule has 0 saturated carbocycles. The van der Waals surface area contributed by atoms with Gasteiger partial charge in [-0.15, -0.1) is 0 Å². The summed E-state index contributed by atoms with van der Waals surface area (Å²) in [5.41, 5.74) is 3.38. The fourth-order valence-corrected chi connectivity index (χ4v) is 3.43. The highest BCUT2D eigenvalue weighted by molar-refractivity contribution is 7.98. The van der Waals surface area contributed by atoms with E-state index in [1.54, 1.807) is 19.1 Å². The number of aromatic amines is 1. The molecule has 23 heavy (non-hydrogen) atoms. The van der Waals surface area contributed by atoms with E-state index in [-0.39, 0.29) is 11.5 Å².